The molecule has 0 saturated carbocycles. The second-order valence-electron chi connectivity index (χ2n) is 4.81. The van der Waals surface area contributed by atoms with E-state index in [1.807, 2.05) is 12.1 Å². The number of hydrogen-bond donors (Lipinski definition) is 2. The number of rotatable bonds is 6. The fourth-order valence-electron chi connectivity index (χ4n) is 2.46. The number of amides is 3. The third-order valence-electron chi connectivity index (χ3n) is 3.52. The van der Waals surface area contributed by atoms with E-state index in [9.17, 15) is 9.59 Å². The maximum absolute atomic E-state index is 12.2. The smallest absolute Gasteiger partial charge is 0.322 e. The predicted molar refractivity (Wildman–Crippen MR) is 77.0 cm³/mol. The van der Waals surface area contributed by atoms with Crippen molar-refractivity contribution >= 4 is 23.5 Å². The number of ether oxygens (including phenoxy) is 2. The van der Waals surface area contributed by atoms with E-state index >= 15 is 0 Å². The Balaban J connectivity index is 2.19. The van der Waals surface area contributed by atoms with Crippen molar-refractivity contribution < 1.29 is 19.1 Å². The van der Waals surface area contributed by atoms with Crippen LogP contribution in [0.3, 0.4) is 0 Å². The van der Waals surface area contributed by atoms with Gasteiger partial charge in [0.2, 0.25) is 0 Å². The first-order valence-corrected chi connectivity index (χ1v) is 6.83. The van der Waals surface area contributed by atoms with Crippen LogP contribution in [0.1, 0.15) is 12.0 Å². The minimum absolute atomic E-state index is 0.346. The molecule has 1 atom stereocenters. The molecule has 6 nitrogen and oxygen atoms in total. The Morgan fingerprint density at radius 1 is 1.19 bits per heavy atom. The number of imide groups is 1. The number of benzene rings is 1. The maximum atomic E-state index is 12.2. The number of carbonyl (C=O) groups is 2. The Morgan fingerprint density at radius 2 is 1.81 bits per heavy atom. The van der Waals surface area contributed by atoms with Gasteiger partial charge < -0.3 is 14.8 Å². The molecule has 1 heterocycles. The van der Waals surface area contributed by atoms with Gasteiger partial charge in [-0.1, -0.05) is 23.7 Å². The third kappa shape index (κ3) is 3.18. The standard InChI is InChI=1S/C14H17ClN2O4/c1-20-12(21-2)14(11(18)16-13(19)17-14)8-7-9-3-5-10(15)6-4-9/h3-6,12H,7-8H2,1-2H3,(H2,16,17,18,19). The van der Waals surface area contributed by atoms with Gasteiger partial charge in [0.15, 0.2) is 11.8 Å². The minimum Gasteiger partial charge on any atom is -0.353 e. The number of aryl methyl sites for hydroxylation is 1. The molecule has 1 saturated heterocycles. The molecule has 1 aliphatic heterocycles. The zero-order valence-electron chi connectivity index (χ0n) is 11.8. The molecule has 0 radical (unpaired) electrons. The molecule has 114 valence electrons. The molecule has 21 heavy (non-hydrogen) atoms. The topological polar surface area (TPSA) is 76.7 Å². The van der Waals surface area contributed by atoms with E-state index in [2.05, 4.69) is 10.6 Å². The molecule has 0 aromatic heterocycles. The average molecular weight is 313 g/mol. The normalized spacial score (nSPS) is 21.5. The van der Waals surface area contributed by atoms with Crippen LogP contribution in [-0.4, -0.2) is 38.0 Å². The van der Waals surface area contributed by atoms with Crippen LogP contribution in [0.4, 0.5) is 4.79 Å². The van der Waals surface area contributed by atoms with Crippen molar-refractivity contribution in [2.24, 2.45) is 0 Å². The summed E-state index contributed by atoms with van der Waals surface area (Å²) >= 11 is 5.84. The molecular formula is C14H17ClN2O4. The van der Waals surface area contributed by atoms with Crippen LogP contribution >= 0.6 is 11.6 Å². The van der Waals surface area contributed by atoms with Crippen molar-refractivity contribution in [1.82, 2.24) is 10.6 Å². The van der Waals surface area contributed by atoms with Crippen LogP contribution in [0.25, 0.3) is 0 Å². The van der Waals surface area contributed by atoms with Gasteiger partial charge in [0.1, 0.15) is 0 Å². The van der Waals surface area contributed by atoms with E-state index in [0.29, 0.717) is 17.9 Å². The van der Waals surface area contributed by atoms with Gasteiger partial charge in [-0.3, -0.25) is 10.1 Å². The molecule has 7 heteroatoms. The van der Waals surface area contributed by atoms with E-state index in [0.717, 1.165) is 5.56 Å². The van der Waals surface area contributed by atoms with E-state index < -0.39 is 23.8 Å². The summed E-state index contributed by atoms with van der Waals surface area (Å²) in [6.45, 7) is 0. The molecular weight excluding hydrogens is 296 g/mol. The average Bonchev–Trinajstić information content (AvgIpc) is 2.75. The lowest BCUT2D eigenvalue weighted by Gasteiger charge is -2.32. The van der Waals surface area contributed by atoms with Gasteiger partial charge in [-0.25, -0.2) is 4.79 Å². The summed E-state index contributed by atoms with van der Waals surface area (Å²) in [7, 11) is 2.85. The summed E-state index contributed by atoms with van der Waals surface area (Å²) in [5, 5.41) is 5.50. The molecule has 2 N–H and O–H groups in total. The number of carbonyl (C=O) groups excluding carboxylic acids is 2. The Labute approximate surface area is 127 Å². The maximum Gasteiger partial charge on any atom is 0.322 e. The summed E-state index contributed by atoms with van der Waals surface area (Å²) in [5.41, 5.74) is -0.237. The van der Waals surface area contributed by atoms with Gasteiger partial charge in [-0.2, -0.15) is 0 Å². The van der Waals surface area contributed by atoms with Gasteiger partial charge in [0.25, 0.3) is 5.91 Å². The van der Waals surface area contributed by atoms with Crippen LogP contribution in [0.2, 0.25) is 5.02 Å². The number of halogens is 1. The largest absolute Gasteiger partial charge is 0.353 e. The Bertz CT molecular complexity index is 530. The van der Waals surface area contributed by atoms with E-state index in [-0.39, 0.29) is 0 Å². The highest BCUT2D eigenvalue weighted by atomic mass is 35.5. The molecule has 1 aromatic carbocycles. The van der Waals surface area contributed by atoms with Crippen LogP contribution in [-0.2, 0) is 20.7 Å². The van der Waals surface area contributed by atoms with Crippen molar-refractivity contribution in [1.29, 1.82) is 0 Å². The lowest BCUT2D eigenvalue weighted by molar-refractivity contribution is -0.165. The van der Waals surface area contributed by atoms with E-state index in [4.69, 9.17) is 21.1 Å². The lowest BCUT2D eigenvalue weighted by Crippen LogP contribution is -2.58. The fourth-order valence-corrected chi connectivity index (χ4v) is 2.58. The van der Waals surface area contributed by atoms with Crippen molar-refractivity contribution in [3.63, 3.8) is 0 Å². The zero-order valence-corrected chi connectivity index (χ0v) is 12.6. The van der Waals surface area contributed by atoms with Crippen LogP contribution in [0.15, 0.2) is 24.3 Å². The van der Waals surface area contributed by atoms with Gasteiger partial charge in [-0.05, 0) is 30.5 Å². The van der Waals surface area contributed by atoms with Gasteiger partial charge in [0, 0.05) is 19.2 Å². The molecule has 0 aliphatic carbocycles. The van der Waals surface area contributed by atoms with Gasteiger partial charge >= 0.3 is 6.03 Å². The SMILES string of the molecule is COC(OC)C1(CCc2ccc(Cl)cc2)NC(=O)NC1=O. The molecule has 1 unspecified atom stereocenters. The van der Waals surface area contributed by atoms with Crippen LogP contribution < -0.4 is 10.6 Å². The Kier molecular flexibility index (Phi) is 4.82. The lowest BCUT2D eigenvalue weighted by atomic mass is 9.90. The fraction of sp³-hybridized carbons (Fsp3) is 0.429. The van der Waals surface area contributed by atoms with Crippen molar-refractivity contribution in [2.75, 3.05) is 14.2 Å². The molecule has 0 bridgehead atoms. The predicted octanol–water partition coefficient (Wildman–Crippen LogP) is 1.47. The number of hydrogen-bond acceptors (Lipinski definition) is 4. The quantitative estimate of drug-likeness (QED) is 0.616. The highest BCUT2D eigenvalue weighted by Gasteiger charge is 2.52. The summed E-state index contributed by atoms with van der Waals surface area (Å²) in [6, 6.07) is 6.76. The first-order chi connectivity index (χ1) is 10.0. The van der Waals surface area contributed by atoms with Gasteiger partial charge in [0.05, 0.1) is 0 Å². The minimum atomic E-state index is -1.24. The highest BCUT2D eigenvalue weighted by molar-refractivity contribution is 6.30. The summed E-state index contributed by atoms with van der Waals surface area (Å²) in [6.07, 6.45) is 0.0448. The molecule has 0 spiro atoms. The summed E-state index contributed by atoms with van der Waals surface area (Å²) in [4.78, 5) is 23.7. The summed E-state index contributed by atoms with van der Waals surface area (Å²) in [5.74, 6) is -0.449. The Morgan fingerprint density at radius 3 is 2.29 bits per heavy atom. The van der Waals surface area contributed by atoms with Crippen LogP contribution in [0, 0.1) is 0 Å². The monoisotopic (exact) mass is 312 g/mol. The van der Waals surface area contributed by atoms with Gasteiger partial charge in [-0.15, -0.1) is 0 Å². The summed E-state index contributed by atoms with van der Waals surface area (Å²) < 4.78 is 10.4. The number of urea groups is 1. The number of methoxy groups -OCH3 is 2. The molecule has 2 rings (SSSR count). The second-order valence-corrected chi connectivity index (χ2v) is 5.25. The number of nitrogens with one attached hydrogen (secondary N) is 2. The highest BCUT2D eigenvalue weighted by Crippen LogP contribution is 2.25. The second kappa shape index (κ2) is 6.43. The van der Waals surface area contributed by atoms with E-state index in [1.54, 1.807) is 12.1 Å². The molecule has 1 aliphatic rings. The van der Waals surface area contributed by atoms with Crippen LogP contribution in [0.5, 0.6) is 0 Å². The Hall–Kier alpha value is -1.63. The van der Waals surface area contributed by atoms with Crippen molar-refractivity contribution in [3.05, 3.63) is 34.9 Å². The molecule has 3 amide bonds. The first-order valence-electron chi connectivity index (χ1n) is 6.45. The zero-order chi connectivity index (χ0) is 15.5. The van der Waals surface area contributed by atoms with Crippen molar-refractivity contribution in [3.8, 4) is 0 Å². The van der Waals surface area contributed by atoms with E-state index in [1.165, 1.54) is 14.2 Å². The first kappa shape index (κ1) is 15.8. The molecule has 1 aromatic rings. The molecule has 1 fully saturated rings. The third-order valence-corrected chi connectivity index (χ3v) is 3.77. The van der Waals surface area contributed by atoms with Crippen molar-refractivity contribution in [2.45, 2.75) is 24.7 Å².